The third-order valence-electron chi connectivity index (χ3n) is 3.40. The van der Waals surface area contributed by atoms with Crippen LogP contribution >= 0.6 is 0 Å². The molecule has 1 N–H and O–H groups in total. The van der Waals surface area contributed by atoms with Crippen molar-refractivity contribution < 1.29 is 9.53 Å². The Hall–Kier alpha value is -1.87. The van der Waals surface area contributed by atoms with Gasteiger partial charge in [0, 0.05) is 38.7 Å². The monoisotopic (exact) mass is 262 g/mol. The molecule has 1 aromatic rings. The molecule has 19 heavy (non-hydrogen) atoms. The molecular formula is C13H18N4O2. The van der Waals surface area contributed by atoms with Crippen LogP contribution in [0.4, 0.5) is 0 Å². The number of hydrogen-bond acceptors (Lipinski definition) is 4. The zero-order chi connectivity index (χ0) is 13.6. The molecule has 102 valence electrons. The summed E-state index contributed by atoms with van der Waals surface area (Å²) in [6, 6.07) is 4.03. The third kappa shape index (κ3) is 3.32. The topological polar surface area (TPSA) is 79.9 Å². The van der Waals surface area contributed by atoms with Crippen molar-refractivity contribution in [3.8, 4) is 6.07 Å². The van der Waals surface area contributed by atoms with Crippen molar-refractivity contribution in [2.45, 2.75) is 25.8 Å². The number of nitrogens with one attached hydrogen (secondary N) is 1. The molecule has 2 heterocycles. The van der Waals surface area contributed by atoms with Crippen molar-refractivity contribution in [2.24, 2.45) is 5.41 Å². The highest BCUT2D eigenvalue weighted by molar-refractivity contribution is 5.85. The molecule has 0 aromatic carbocycles. The Labute approximate surface area is 112 Å². The summed E-state index contributed by atoms with van der Waals surface area (Å²) in [5, 5.41) is 16.2. The summed E-state index contributed by atoms with van der Waals surface area (Å²) in [5.74, 6) is -0.168. The van der Waals surface area contributed by atoms with Crippen molar-refractivity contribution in [3.05, 3.63) is 18.5 Å². The number of amides is 1. The second-order valence-electron chi connectivity index (χ2n) is 4.68. The predicted octanol–water partition coefficient (Wildman–Crippen LogP) is 0.710. The number of ether oxygens (including phenoxy) is 1. The normalized spacial score (nSPS) is 17.6. The van der Waals surface area contributed by atoms with E-state index in [-0.39, 0.29) is 5.91 Å². The molecule has 2 rings (SSSR count). The number of carbonyl (C=O) groups excluding carboxylic acids is 1. The highest BCUT2D eigenvalue weighted by Gasteiger charge is 2.40. The standard InChI is InChI=1S/C13H18N4O2/c14-11-13(3-9-19-10-4-13)12(18)15-5-1-7-17-8-2-6-16-17/h2,6,8H,1,3-5,7,9-10H2,(H,15,18). The fourth-order valence-electron chi connectivity index (χ4n) is 2.15. The van der Waals surface area contributed by atoms with Crippen LogP contribution in [0.3, 0.4) is 0 Å². The summed E-state index contributed by atoms with van der Waals surface area (Å²) in [7, 11) is 0. The fraction of sp³-hybridized carbons (Fsp3) is 0.615. The van der Waals surface area contributed by atoms with Gasteiger partial charge < -0.3 is 10.1 Å². The molecule has 0 unspecified atom stereocenters. The fourth-order valence-corrected chi connectivity index (χ4v) is 2.15. The molecule has 1 aliphatic heterocycles. The Morgan fingerprint density at radius 2 is 2.32 bits per heavy atom. The van der Waals surface area contributed by atoms with Crippen molar-refractivity contribution in [1.82, 2.24) is 15.1 Å². The van der Waals surface area contributed by atoms with Gasteiger partial charge in [-0.3, -0.25) is 9.48 Å². The minimum atomic E-state index is -0.899. The molecule has 1 amide bonds. The quantitative estimate of drug-likeness (QED) is 0.792. The zero-order valence-electron chi connectivity index (χ0n) is 10.8. The number of rotatable bonds is 5. The summed E-state index contributed by atoms with van der Waals surface area (Å²) in [4.78, 5) is 12.1. The van der Waals surface area contributed by atoms with Gasteiger partial charge in [0.25, 0.3) is 0 Å². The largest absolute Gasteiger partial charge is 0.381 e. The van der Waals surface area contributed by atoms with E-state index < -0.39 is 5.41 Å². The number of nitriles is 1. The van der Waals surface area contributed by atoms with E-state index in [1.807, 2.05) is 16.9 Å². The first-order valence-electron chi connectivity index (χ1n) is 6.52. The van der Waals surface area contributed by atoms with Gasteiger partial charge in [-0.05, 0) is 25.3 Å². The molecule has 1 aromatic heterocycles. The van der Waals surface area contributed by atoms with Crippen LogP contribution in [0.25, 0.3) is 0 Å². The van der Waals surface area contributed by atoms with Crippen LogP contribution in [0.5, 0.6) is 0 Å². The Balaban J connectivity index is 1.75. The molecule has 1 saturated heterocycles. The van der Waals surface area contributed by atoms with Crippen LogP contribution in [0.2, 0.25) is 0 Å². The molecule has 6 heteroatoms. The Morgan fingerprint density at radius 1 is 1.53 bits per heavy atom. The molecule has 0 bridgehead atoms. The van der Waals surface area contributed by atoms with Gasteiger partial charge in [0.2, 0.25) is 5.91 Å². The maximum atomic E-state index is 12.1. The molecule has 0 radical (unpaired) electrons. The Kier molecular flexibility index (Phi) is 4.53. The van der Waals surface area contributed by atoms with Gasteiger partial charge in [-0.15, -0.1) is 0 Å². The smallest absolute Gasteiger partial charge is 0.240 e. The van der Waals surface area contributed by atoms with E-state index in [1.54, 1.807) is 6.20 Å². The number of nitrogens with zero attached hydrogens (tertiary/aromatic N) is 3. The van der Waals surface area contributed by atoms with E-state index in [0.717, 1.165) is 13.0 Å². The maximum Gasteiger partial charge on any atom is 0.240 e. The van der Waals surface area contributed by atoms with E-state index in [4.69, 9.17) is 4.74 Å². The number of aromatic nitrogens is 2. The summed E-state index contributed by atoms with van der Waals surface area (Å²) in [6.07, 6.45) is 5.37. The van der Waals surface area contributed by atoms with Gasteiger partial charge in [0.1, 0.15) is 5.41 Å². The maximum absolute atomic E-state index is 12.1. The van der Waals surface area contributed by atoms with Crippen LogP contribution in [-0.2, 0) is 16.1 Å². The highest BCUT2D eigenvalue weighted by Crippen LogP contribution is 2.29. The highest BCUT2D eigenvalue weighted by atomic mass is 16.5. The zero-order valence-corrected chi connectivity index (χ0v) is 10.8. The van der Waals surface area contributed by atoms with Crippen molar-refractivity contribution in [3.63, 3.8) is 0 Å². The Bertz CT molecular complexity index is 444. The minimum Gasteiger partial charge on any atom is -0.381 e. The third-order valence-corrected chi connectivity index (χ3v) is 3.40. The average Bonchev–Trinajstić information content (AvgIpc) is 2.97. The first-order chi connectivity index (χ1) is 9.27. The molecule has 0 saturated carbocycles. The van der Waals surface area contributed by atoms with Gasteiger partial charge in [-0.2, -0.15) is 10.4 Å². The van der Waals surface area contributed by atoms with Gasteiger partial charge in [-0.1, -0.05) is 0 Å². The van der Waals surface area contributed by atoms with Crippen LogP contribution in [0.15, 0.2) is 18.5 Å². The number of hydrogen-bond donors (Lipinski definition) is 1. The summed E-state index contributed by atoms with van der Waals surface area (Å²) in [6.45, 7) is 2.28. The van der Waals surface area contributed by atoms with Crippen LogP contribution in [-0.4, -0.2) is 35.4 Å². The van der Waals surface area contributed by atoms with Crippen molar-refractivity contribution in [2.75, 3.05) is 19.8 Å². The van der Waals surface area contributed by atoms with Crippen LogP contribution < -0.4 is 5.32 Å². The van der Waals surface area contributed by atoms with E-state index in [2.05, 4.69) is 16.5 Å². The van der Waals surface area contributed by atoms with Gasteiger partial charge in [0.15, 0.2) is 0 Å². The van der Waals surface area contributed by atoms with E-state index >= 15 is 0 Å². The summed E-state index contributed by atoms with van der Waals surface area (Å²) in [5.41, 5.74) is -0.899. The second-order valence-corrected chi connectivity index (χ2v) is 4.68. The lowest BCUT2D eigenvalue weighted by atomic mass is 9.81. The van der Waals surface area contributed by atoms with Gasteiger partial charge >= 0.3 is 0 Å². The Morgan fingerprint density at radius 3 is 2.95 bits per heavy atom. The molecule has 0 spiro atoms. The van der Waals surface area contributed by atoms with E-state index in [0.29, 0.717) is 32.6 Å². The SMILES string of the molecule is N#CC1(C(=O)NCCCn2cccn2)CCOCC1. The molecule has 1 aliphatic rings. The van der Waals surface area contributed by atoms with Crippen molar-refractivity contribution in [1.29, 1.82) is 5.26 Å². The van der Waals surface area contributed by atoms with E-state index in [1.165, 1.54) is 0 Å². The van der Waals surface area contributed by atoms with Crippen LogP contribution in [0.1, 0.15) is 19.3 Å². The van der Waals surface area contributed by atoms with Crippen LogP contribution in [0, 0.1) is 16.7 Å². The second kappa shape index (κ2) is 6.34. The number of aryl methyl sites for hydroxylation is 1. The van der Waals surface area contributed by atoms with Crippen molar-refractivity contribution >= 4 is 5.91 Å². The van der Waals surface area contributed by atoms with E-state index in [9.17, 15) is 10.1 Å². The lowest BCUT2D eigenvalue weighted by Gasteiger charge is -2.29. The van der Waals surface area contributed by atoms with Gasteiger partial charge in [-0.25, -0.2) is 0 Å². The number of carbonyl (C=O) groups is 1. The molecule has 6 nitrogen and oxygen atoms in total. The summed E-state index contributed by atoms with van der Waals surface area (Å²) >= 11 is 0. The summed E-state index contributed by atoms with van der Waals surface area (Å²) < 4.78 is 7.03. The average molecular weight is 262 g/mol. The minimum absolute atomic E-state index is 0.168. The molecule has 1 fully saturated rings. The molecule has 0 aliphatic carbocycles. The van der Waals surface area contributed by atoms with Gasteiger partial charge in [0.05, 0.1) is 6.07 Å². The first kappa shape index (κ1) is 13.6. The predicted molar refractivity (Wildman–Crippen MR) is 68.0 cm³/mol. The lowest BCUT2D eigenvalue weighted by molar-refractivity contribution is -0.132. The first-order valence-corrected chi connectivity index (χ1v) is 6.52. The molecular weight excluding hydrogens is 244 g/mol. The molecule has 0 atom stereocenters. The lowest BCUT2D eigenvalue weighted by Crippen LogP contribution is -2.44.